The number of aromatic nitrogens is 2. The van der Waals surface area contributed by atoms with Crippen LogP contribution in [-0.2, 0) is 0 Å². The van der Waals surface area contributed by atoms with Crippen LogP contribution in [0.1, 0.15) is 42.9 Å². The van der Waals surface area contributed by atoms with Gasteiger partial charge in [-0.3, -0.25) is 4.68 Å². The second-order valence-electron chi connectivity index (χ2n) is 3.87. The van der Waals surface area contributed by atoms with Crippen LogP contribution in [0.5, 0.6) is 0 Å². The average Bonchev–Trinajstić information content (AvgIpc) is 2.41. The van der Waals surface area contributed by atoms with Gasteiger partial charge in [0.1, 0.15) is 0 Å². The fraction of sp³-hybridized carbons (Fsp3) is 0.700. The molecule has 1 aromatic heterocycles. The summed E-state index contributed by atoms with van der Waals surface area (Å²) in [5, 5.41) is 14.1. The summed E-state index contributed by atoms with van der Waals surface area (Å²) in [7, 11) is 0. The monoisotopic (exact) mass is 197 g/mol. The van der Waals surface area contributed by atoms with Gasteiger partial charge in [0, 0.05) is 23.8 Å². The van der Waals surface area contributed by atoms with Gasteiger partial charge >= 0.3 is 0 Å². The molecule has 0 saturated carbocycles. The van der Waals surface area contributed by atoms with Crippen LogP contribution in [0.2, 0.25) is 0 Å². The molecule has 80 valence electrons. The zero-order valence-corrected chi connectivity index (χ0v) is 9.28. The first kappa shape index (κ1) is 11.2. The van der Waals surface area contributed by atoms with Gasteiger partial charge in [-0.15, -0.1) is 0 Å². The van der Waals surface area contributed by atoms with E-state index >= 15 is 0 Å². The summed E-state index contributed by atoms with van der Waals surface area (Å²) < 4.78 is 1.92. The minimum Gasteiger partial charge on any atom is -0.387 e. The van der Waals surface area contributed by atoms with Crippen molar-refractivity contribution in [3.8, 4) is 0 Å². The van der Waals surface area contributed by atoms with Crippen LogP contribution in [0.3, 0.4) is 0 Å². The molecule has 0 saturated heterocycles. The van der Waals surface area contributed by atoms with Gasteiger partial charge in [0.25, 0.3) is 0 Å². The van der Waals surface area contributed by atoms with Gasteiger partial charge in [0.15, 0.2) is 0 Å². The molecule has 0 aliphatic rings. The second-order valence-corrected chi connectivity index (χ2v) is 3.87. The van der Waals surface area contributed by atoms with Crippen molar-refractivity contribution in [1.29, 1.82) is 0 Å². The fourth-order valence-corrected chi connectivity index (χ4v) is 1.78. The molecule has 1 rings (SSSR count). The lowest BCUT2D eigenvalue weighted by Gasteiger charge is -2.11. The smallest absolute Gasteiger partial charge is 0.0947 e. The third-order valence-electron chi connectivity index (χ3n) is 2.43. The number of hydrogen-bond donors (Lipinski definition) is 2. The Bertz CT molecular complexity index is 317. The molecule has 0 aromatic carbocycles. The molecule has 1 aromatic rings. The summed E-state index contributed by atoms with van der Waals surface area (Å²) in [5.74, 6) is 0. The first-order valence-corrected chi connectivity index (χ1v) is 4.92. The van der Waals surface area contributed by atoms with E-state index < -0.39 is 6.10 Å². The van der Waals surface area contributed by atoms with E-state index in [4.69, 9.17) is 5.73 Å². The van der Waals surface area contributed by atoms with Crippen molar-refractivity contribution < 1.29 is 5.11 Å². The van der Waals surface area contributed by atoms with Crippen LogP contribution in [0.15, 0.2) is 0 Å². The molecule has 14 heavy (non-hydrogen) atoms. The number of rotatable bonds is 3. The number of aliphatic hydroxyl groups excluding tert-OH is 1. The Morgan fingerprint density at radius 2 is 2.00 bits per heavy atom. The van der Waals surface area contributed by atoms with E-state index in [0.717, 1.165) is 17.0 Å². The van der Waals surface area contributed by atoms with E-state index in [9.17, 15) is 5.11 Å². The van der Waals surface area contributed by atoms with E-state index in [1.54, 1.807) is 0 Å². The van der Waals surface area contributed by atoms with Crippen molar-refractivity contribution in [3.05, 3.63) is 17.0 Å². The number of nitrogens with two attached hydrogens (primary N) is 1. The van der Waals surface area contributed by atoms with Gasteiger partial charge in [-0.25, -0.2) is 0 Å². The minimum atomic E-state index is -0.595. The molecular weight excluding hydrogens is 178 g/mol. The van der Waals surface area contributed by atoms with Gasteiger partial charge in [0.2, 0.25) is 0 Å². The molecule has 4 heteroatoms. The van der Waals surface area contributed by atoms with E-state index in [0.29, 0.717) is 6.04 Å². The molecule has 0 unspecified atom stereocenters. The second kappa shape index (κ2) is 4.11. The van der Waals surface area contributed by atoms with Gasteiger partial charge in [-0.2, -0.15) is 5.10 Å². The van der Waals surface area contributed by atoms with Crippen molar-refractivity contribution in [3.63, 3.8) is 0 Å². The zero-order chi connectivity index (χ0) is 10.9. The molecule has 0 bridgehead atoms. The third-order valence-corrected chi connectivity index (χ3v) is 2.43. The van der Waals surface area contributed by atoms with Crippen molar-refractivity contribution in [2.75, 3.05) is 6.54 Å². The fourth-order valence-electron chi connectivity index (χ4n) is 1.78. The van der Waals surface area contributed by atoms with Crippen LogP contribution in [0.25, 0.3) is 0 Å². The van der Waals surface area contributed by atoms with Gasteiger partial charge < -0.3 is 10.8 Å². The normalized spacial score (nSPS) is 13.6. The number of nitrogens with zero attached hydrogens (tertiary/aromatic N) is 2. The Morgan fingerprint density at radius 3 is 2.36 bits per heavy atom. The standard InChI is InChI=1S/C10H19N3O/c1-6(2)13-8(4)10(7(3)12-13)9(14)5-11/h6,9,14H,5,11H2,1-4H3/t9-/m1/s1. The third kappa shape index (κ3) is 1.81. The SMILES string of the molecule is Cc1nn(C(C)C)c(C)c1[C@H](O)CN. The van der Waals surface area contributed by atoms with Crippen LogP contribution in [-0.4, -0.2) is 21.4 Å². The Balaban J connectivity index is 3.17. The Labute approximate surface area is 84.7 Å². The van der Waals surface area contributed by atoms with E-state index in [2.05, 4.69) is 18.9 Å². The van der Waals surface area contributed by atoms with Crippen LogP contribution < -0.4 is 5.73 Å². The first-order valence-electron chi connectivity index (χ1n) is 4.92. The summed E-state index contributed by atoms with van der Waals surface area (Å²) >= 11 is 0. The molecule has 0 amide bonds. The summed E-state index contributed by atoms with van der Waals surface area (Å²) in [6.07, 6.45) is -0.595. The molecular formula is C10H19N3O. The van der Waals surface area contributed by atoms with Crippen molar-refractivity contribution in [2.45, 2.75) is 39.8 Å². The maximum atomic E-state index is 9.71. The number of hydrogen-bond acceptors (Lipinski definition) is 3. The molecule has 0 fully saturated rings. The quantitative estimate of drug-likeness (QED) is 0.762. The summed E-state index contributed by atoms with van der Waals surface area (Å²) in [6.45, 7) is 8.25. The maximum absolute atomic E-state index is 9.71. The van der Waals surface area contributed by atoms with E-state index in [-0.39, 0.29) is 6.54 Å². The van der Waals surface area contributed by atoms with E-state index in [1.807, 2.05) is 18.5 Å². The lowest BCUT2D eigenvalue weighted by Crippen LogP contribution is -2.13. The highest BCUT2D eigenvalue weighted by Crippen LogP contribution is 2.22. The van der Waals surface area contributed by atoms with E-state index in [1.165, 1.54) is 0 Å². The van der Waals surface area contributed by atoms with Gasteiger partial charge in [0.05, 0.1) is 11.8 Å². The summed E-state index contributed by atoms with van der Waals surface area (Å²) in [4.78, 5) is 0. The Hall–Kier alpha value is -0.870. The highest BCUT2D eigenvalue weighted by atomic mass is 16.3. The maximum Gasteiger partial charge on any atom is 0.0947 e. The number of aliphatic hydroxyl groups is 1. The molecule has 0 radical (unpaired) electrons. The predicted molar refractivity (Wildman–Crippen MR) is 56.1 cm³/mol. The molecule has 1 heterocycles. The molecule has 1 atom stereocenters. The van der Waals surface area contributed by atoms with Crippen molar-refractivity contribution in [1.82, 2.24) is 9.78 Å². The average molecular weight is 197 g/mol. The van der Waals surface area contributed by atoms with Crippen molar-refractivity contribution in [2.24, 2.45) is 5.73 Å². The van der Waals surface area contributed by atoms with Gasteiger partial charge in [-0.1, -0.05) is 0 Å². The Morgan fingerprint density at radius 1 is 1.43 bits per heavy atom. The molecule has 4 nitrogen and oxygen atoms in total. The number of aryl methyl sites for hydroxylation is 1. The molecule has 3 N–H and O–H groups in total. The highest BCUT2D eigenvalue weighted by Gasteiger charge is 2.18. The van der Waals surface area contributed by atoms with Gasteiger partial charge in [-0.05, 0) is 27.7 Å². The summed E-state index contributed by atoms with van der Waals surface area (Å²) in [6, 6.07) is 0.312. The lowest BCUT2D eigenvalue weighted by atomic mass is 10.1. The lowest BCUT2D eigenvalue weighted by molar-refractivity contribution is 0.185. The topological polar surface area (TPSA) is 64.1 Å². The molecule has 0 aliphatic carbocycles. The molecule has 0 aliphatic heterocycles. The molecule has 0 spiro atoms. The largest absolute Gasteiger partial charge is 0.387 e. The predicted octanol–water partition coefficient (Wildman–Crippen LogP) is 1.07. The summed E-state index contributed by atoms with van der Waals surface area (Å²) in [5.41, 5.74) is 8.20. The first-order chi connectivity index (χ1) is 6.49. The van der Waals surface area contributed by atoms with Crippen molar-refractivity contribution >= 4 is 0 Å². The van der Waals surface area contributed by atoms with Crippen LogP contribution >= 0.6 is 0 Å². The zero-order valence-electron chi connectivity index (χ0n) is 9.28. The van der Waals surface area contributed by atoms with Crippen LogP contribution in [0, 0.1) is 13.8 Å². The highest BCUT2D eigenvalue weighted by molar-refractivity contribution is 5.27. The Kier molecular flexibility index (Phi) is 3.29. The van der Waals surface area contributed by atoms with Crippen LogP contribution in [0.4, 0.5) is 0 Å². The minimum absolute atomic E-state index is 0.242.